The SMILES string of the molecule is NCc1cn(CC(=O)Cc2sccc2Br)nn1. The Labute approximate surface area is 111 Å². The molecule has 0 aliphatic carbocycles. The molecule has 0 saturated carbocycles. The summed E-state index contributed by atoms with van der Waals surface area (Å²) in [5.74, 6) is 0.0987. The predicted octanol–water partition coefficient (Wildman–Crippen LogP) is 1.37. The van der Waals surface area contributed by atoms with Crippen LogP contribution < -0.4 is 5.73 Å². The Morgan fingerprint density at radius 3 is 3.00 bits per heavy atom. The minimum Gasteiger partial charge on any atom is -0.325 e. The molecule has 0 aliphatic heterocycles. The molecule has 2 N–H and O–H groups in total. The van der Waals surface area contributed by atoms with Gasteiger partial charge in [0.05, 0.1) is 11.9 Å². The van der Waals surface area contributed by atoms with E-state index in [2.05, 4.69) is 26.2 Å². The van der Waals surface area contributed by atoms with Crippen LogP contribution in [0.4, 0.5) is 0 Å². The highest BCUT2D eigenvalue weighted by atomic mass is 79.9. The summed E-state index contributed by atoms with van der Waals surface area (Å²) in [6.07, 6.45) is 2.11. The van der Waals surface area contributed by atoms with Crippen molar-refractivity contribution >= 4 is 33.0 Å². The highest BCUT2D eigenvalue weighted by Crippen LogP contribution is 2.23. The van der Waals surface area contributed by atoms with Gasteiger partial charge in [-0.1, -0.05) is 5.21 Å². The predicted molar refractivity (Wildman–Crippen MR) is 68.6 cm³/mol. The Morgan fingerprint density at radius 1 is 1.59 bits per heavy atom. The summed E-state index contributed by atoms with van der Waals surface area (Å²) in [6.45, 7) is 0.571. The maximum absolute atomic E-state index is 11.8. The van der Waals surface area contributed by atoms with Crippen molar-refractivity contribution in [2.75, 3.05) is 0 Å². The van der Waals surface area contributed by atoms with Crippen LogP contribution in [0.15, 0.2) is 22.1 Å². The van der Waals surface area contributed by atoms with Gasteiger partial charge >= 0.3 is 0 Å². The zero-order valence-electron chi connectivity index (χ0n) is 8.97. The van der Waals surface area contributed by atoms with E-state index in [0.717, 1.165) is 9.35 Å². The van der Waals surface area contributed by atoms with E-state index in [1.165, 1.54) is 4.68 Å². The van der Waals surface area contributed by atoms with Crippen molar-refractivity contribution < 1.29 is 4.79 Å². The van der Waals surface area contributed by atoms with Crippen LogP contribution in [0, 0.1) is 0 Å². The fourth-order valence-corrected chi connectivity index (χ4v) is 2.90. The largest absolute Gasteiger partial charge is 0.325 e. The molecule has 0 fully saturated rings. The Kier molecular flexibility index (Phi) is 4.03. The molecule has 0 aromatic carbocycles. The molecule has 0 amide bonds. The molecule has 7 heteroatoms. The minimum absolute atomic E-state index is 0.0987. The number of thiophene rings is 1. The fourth-order valence-electron chi connectivity index (χ4n) is 1.38. The van der Waals surface area contributed by atoms with Crippen LogP contribution in [0.2, 0.25) is 0 Å². The van der Waals surface area contributed by atoms with Gasteiger partial charge in [-0.2, -0.15) is 0 Å². The van der Waals surface area contributed by atoms with E-state index in [1.807, 2.05) is 11.4 Å². The number of nitrogens with two attached hydrogens (primary N) is 1. The van der Waals surface area contributed by atoms with E-state index in [9.17, 15) is 4.79 Å². The number of rotatable bonds is 5. The lowest BCUT2D eigenvalue weighted by molar-refractivity contribution is -0.119. The molecular weight excluding hydrogens is 304 g/mol. The first-order valence-corrected chi connectivity index (χ1v) is 6.69. The number of aromatic nitrogens is 3. The minimum atomic E-state index is 0.0987. The quantitative estimate of drug-likeness (QED) is 0.904. The number of carbonyl (C=O) groups excluding carboxylic acids is 1. The van der Waals surface area contributed by atoms with Crippen molar-refractivity contribution in [3.63, 3.8) is 0 Å². The van der Waals surface area contributed by atoms with Crippen LogP contribution in [0.25, 0.3) is 0 Å². The van der Waals surface area contributed by atoms with Gasteiger partial charge in [-0.3, -0.25) is 4.79 Å². The van der Waals surface area contributed by atoms with Crippen LogP contribution in [-0.2, 0) is 24.3 Å². The Morgan fingerprint density at radius 2 is 2.41 bits per heavy atom. The van der Waals surface area contributed by atoms with Crippen molar-refractivity contribution in [3.05, 3.63) is 32.7 Å². The van der Waals surface area contributed by atoms with Gasteiger partial charge in [0.2, 0.25) is 0 Å². The van der Waals surface area contributed by atoms with Crippen molar-refractivity contribution in [2.24, 2.45) is 5.73 Å². The van der Waals surface area contributed by atoms with Gasteiger partial charge in [-0.25, -0.2) is 4.68 Å². The summed E-state index contributed by atoms with van der Waals surface area (Å²) >= 11 is 4.97. The topological polar surface area (TPSA) is 73.8 Å². The number of hydrogen-bond donors (Lipinski definition) is 1. The second-order valence-corrected chi connectivity index (χ2v) is 5.37. The Hall–Kier alpha value is -1.05. The lowest BCUT2D eigenvalue weighted by Gasteiger charge is -1.99. The molecule has 0 aliphatic rings. The summed E-state index contributed by atoms with van der Waals surface area (Å²) in [5, 5.41) is 9.62. The van der Waals surface area contributed by atoms with Crippen molar-refractivity contribution in [3.8, 4) is 0 Å². The van der Waals surface area contributed by atoms with Crippen LogP contribution in [0.5, 0.6) is 0 Å². The average Bonchev–Trinajstić information content (AvgIpc) is 2.89. The van der Waals surface area contributed by atoms with Gasteiger partial charge in [0.25, 0.3) is 0 Å². The zero-order valence-corrected chi connectivity index (χ0v) is 11.4. The smallest absolute Gasteiger partial charge is 0.159 e. The summed E-state index contributed by atoms with van der Waals surface area (Å²) in [4.78, 5) is 12.8. The molecule has 90 valence electrons. The maximum atomic E-state index is 11.8. The molecule has 2 heterocycles. The molecule has 0 unspecified atom stereocenters. The van der Waals surface area contributed by atoms with Crippen molar-refractivity contribution in [1.29, 1.82) is 0 Å². The molecule has 0 atom stereocenters. The summed E-state index contributed by atoms with van der Waals surface area (Å²) in [7, 11) is 0. The lowest BCUT2D eigenvalue weighted by Crippen LogP contribution is -2.12. The third-order valence-corrected chi connectivity index (χ3v) is 4.11. The summed E-state index contributed by atoms with van der Waals surface area (Å²) in [6, 6.07) is 1.94. The van der Waals surface area contributed by atoms with E-state index in [4.69, 9.17) is 5.73 Å². The summed E-state index contributed by atoms with van der Waals surface area (Å²) in [5.41, 5.74) is 6.11. The summed E-state index contributed by atoms with van der Waals surface area (Å²) < 4.78 is 2.50. The molecule has 2 rings (SSSR count). The molecule has 0 saturated heterocycles. The van der Waals surface area contributed by atoms with E-state index in [0.29, 0.717) is 18.7 Å². The number of halogens is 1. The number of nitrogens with zero attached hydrogens (tertiary/aromatic N) is 3. The zero-order chi connectivity index (χ0) is 12.3. The van der Waals surface area contributed by atoms with Gasteiger partial charge in [0.15, 0.2) is 5.78 Å². The second-order valence-electron chi connectivity index (χ2n) is 3.52. The third kappa shape index (κ3) is 3.21. The first-order chi connectivity index (χ1) is 8.19. The molecule has 0 radical (unpaired) electrons. The number of ketones is 1. The second kappa shape index (κ2) is 5.52. The molecule has 2 aromatic rings. The van der Waals surface area contributed by atoms with Crippen LogP contribution in [-0.4, -0.2) is 20.8 Å². The molecule has 0 spiro atoms. The average molecular weight is 315 g/mol. The number of hydrogen-bond acceptors (Lipinski definition) is 5. The van der Waals surface area contributed by atoms with Crippen LogP contribution >= 0.6 is 27.3 Å². The van der Waals surface area contributed by atoms with E-state index < -0.39 is 0 Å². The van der Waals surface area contributed by atoms with Gasteiger partial charge in [0.1, 0.15) is 6.54 Å². The molecular formula is C10H11BrN4OS. The number of carbonyl (C=O) groups is 1. The number of Topliss-reactive ketones (excluding diaryl/α,β-unsaturated/α-hetero) is 1. The van der Waals surface area contributed by atoms with E-state index >= 15 is 0 Å². The lowest BCUT2D eigenvalue weighted by atomic mass is 10.2. The van der Waals surface area contributed by atoms with Crippen molar-refractivity contribution in [2.45, 2.75) is 19.5 Å². The van der Waals surface area contributed by atoms with E-state index in [-0.39, 0.29) is 12.3 Å². The molecule has 5 nitrogen and oxygen atoms in total. The monoisotopic (exact) mass is 314 g/mol. The Bertz CT molecular complexity index is 522. The highest BCUT2D eigenvalue weighted by Gasteiger charge is 2.10. The maximum Gasteiger partial charge on any atom is 0.159 e. The molecule has 17 heavy (non-hydrogen) atoms. The molecule has 0 bridgehead atoms. The first-order valence-electron chi connectivity index (χ1n) is 5.01. The Balaban J connectivity index is 1.95. The highest BCUT2D eigenvalue weighted by molar-refractivity contribution is 9.10. The first kappa shape index (κ1) is 12.4. The van der Waals surface area contributed by atoms with Gasteiger partial charge in [0, 0.05) is 22.3 Å². The third-order valence-electron chi connectivity index (χ3n) is 2.18. The van der Waals surface area contributed by atoms with E-state index in [1.54, 1.807) is 17.5 Å². The molecule has 2 aromatic heterocycles. The standard InChI is InChI=1S/C10H11BrN4OS/c11-9-1-2-17-10(9)3-8(16)6-15-5-7(4-12)13-14-15/h1-2,5H,3-4,6,12H2. The van der Waals surface area contributed by atoms with Crippen LogP contribution in [0.3, 0.4) is 0 Å². The van der Waals surface area contributed by atoms with Gasteiger partial charge in [-0.05, 0) is 27.4 Å². The van der Waals surface area contributed by atoms with Gasteiger partial charge < -0.3 is 5.73 Å². The van der Waals surface area contributed by atoms with Crippen LogP contribution in [0.1, 0.15) is 10.6 Å². The fraction of sp³-hybridized carbons (Fsp3) is 0.300. The normalized spacial score (nSPS) is 10.7. The van der Waals surface area contributed by atoms with Crippen molar-refractivity contribution in [1.82, 2.24) is 15.0 Å². The van der Waals surface area contributed by atoms with Gasteiger partial charge in [-0.15, -0.1) is 16.4 Å².